The smallest absolute Gasteiger partial charge is 0.338 e. The average Bonchev–Trinajstić information content (AvgIpc) is 3.21. The Balaban J connectivity index is 1.46. The van der Waals surface area contributed by atoms with Gasteiger partial charge in [-0.1, -0.05) is 0 Å². The van der Waals surface area contributed by atoms with E-state index in [4.69, 9.17) is 27.4 Å². The summed E-state index contributed by atoms with van der Waals surface area (Å²) in [5, 5.41) is 3.16. The maximum absolute atomic E-state index is 13.7. The van der Waals surface area contributed by atoms with E-state index >= 15 is 0 Å². The zero-order valence-corrected chi connectivity index (χ0v) is 24.7. The molecule has 2 heterocycles. The molecule has 2 fully saturated rings. The molecule has 0 aromatic heterocycles. The number of rotatable bonds is 12. The molecule has 12 heteroatoms. The molecule has 3 N–H and O–H groups in total. The number of ether oxygens (including phenoxy) is 2. The highest BCUT2D eigenvalue weighted by Crippen LogP contribution is 2.28. The fraction of sp³-hybridized carbons (Fsp3) is 0.433. The Morgan fingerprint density at radius 1 is 1.02 bits per heavy atom. The van der Waals surface area contributed by atoms with Crippen LogP contribution >= 0.6 is 12.2 Å². The quantitative estimate of drug-likeness (QED) is 0.281. The van der Waals surface area contributed by atoms with Gasteiger partial charge in [0.1, 0.15) is 11.8 Å². The number of carbonyl (C=O) groups is 4. The number of hydrogen-bond donors (Lipinski definition) is 2. The summed E-state index contributed by atoms with van der Waals surface area (Å²) < 4.78 is 10.2. The predicted molar refractivity (Wildman–Crippen MR) is 162 cm³/mol. The molecular formula is C30H37N5O6S. The van der Waals surface area contributed by atoms with Crippen LogP contribution in [0.1, 0.15) is 43.0 Å². The van der Waals surface area contributed by atoms with Crippen molar-refractivity contribution in [2.75, 3.05) is 50.1 Å². The van der Waals surface area contributed by atoms with Crippen LogP contribution < -0.4 is 20.7 Å². The van der Waals surface area contributed by atoms with Gasteiger partial charge in [0.25, 0.3) is 5.91 Å². The first-order valence-electron chi connectivity index (χ1n) is 14.1. The van der Waals surface area contributed by atoms with Crippen molar-refractivity contribution in [1.29, 1.82) is 0 Å². The first-order chi connectivity index (χ1) is 20.2. The number of esters is 1. The minimum Gasteiger partial charge on any atom is -0.497 e. The first kappa shape index (κ1) is 30.9. The van der Waals surface area contributed by atoms with Crippen LogP contribution in [-0.4, -0.2) is 84.5 Å². The summed E-state index contributed by atoms with van der Waals surface area (Å²) in [4.78, 5) is 55.9. The fourth-order valence-corrected chi connectivity index (χ4v) is 5.67. The molecule has 3 amide bonds. The minimum atomic E-state index is -0.791. The van der Waals surface area contributed by atoms with Crippen LogP contribution in [0.3, 0.4) is 0 Å². The van der Waals surface area contributed by atoms with Gasteiger partial charge < -0.3 is 30.3 Å². The Morgan fingerprint density at radius 2 is 1.69 bits per heavy atom. The zero-order chi connectivity index (χ0) is 30.2. The molecular weight excluding hydrogens is 558 g/mol. The monoisotopic (exact) mass is 595 g/mol. The number of methoxy groups -OCH3 is 1. The number of piperidine rings is 1. The maximum Gasteiger partial charge on any atom is 0.338 e. The van der Waals surface area contributed by atoms with Crippen LogP contribution in [0, 0.1) is 5.92 Å². The van der Waals surface area contributed by atoms with Gasteiger partial charge in [0, 0.05) is 18.2 Å². The van der Waals surface area contributed by atoms with Gasteiger partial charge in [-0.15, -0.1) is 0 Å². The lowest BCUT2D eigenvalue weighted by molar-refractivity contribution is -0.124. The SMILES string of the molecule is CCOC(=O)c1ccc(N2C(=O)[C@@H](CC(=O)Nc3ccc(OC)cc3)N(CCCN3CCC(C(N)=O)CC3)C2=S)cc1. The average molecular weight is 596 g/mol. The molecule has 2 aliphatic heterocycles. The molecule has 0 saturated carbocycles. The Kier molecular flexibility index (Phi) is 10.5. The highest BCUT2D eigenvalue weighted by molar-refractivity contribution is 7.80. The molecule has 42 heavy (non-hydrogen) atoms. The van der Waals surface area contributed by atoms with Crippen molar-refractivity contribution < 1.29 is 28.7 Å². The Bertz CT molecular complexity index is 1290. The molecule has 0 aliphatic carbocycles. The number of nitrogens with one attached hydrogen (secondary N) is 1. The molecule has 4 rings (SSSR count). The van der Waals surface area contributed by atoms with E-state index in [-0.39, 0.29) is 36.7 Å². The van der Waals surface area contributed by atoms with Gasteiger partial charge in [-0.25, -0.2) is 4.79 Å². The van der Waals surface area contributed by atoms with Crippen LogP contribution in [-0.2, 0) is 19.1 Å². The molecule has 2 aliphatic rings. The first-order valence-corrected chi connectivity index (χ1v) is 14.5. The second kappa shape index (κ2) is 14.2. The summed E-state index contributed by atoms with van der Waals surface area (Å²) >= 11 is 5.78. The normalized spacial score (nSPS) is 17.8. The summed E-state index contributed by atoms with van der Waals surface area (Å²) in [5.74, 6) is -0.743. The number of amides is 3. The standard InChI is InChI=1S/C30H37N5O6S/c1-3-41-29(39)21-5-9-23(10-6-21)35-28(38)25(19-26(36)32-22-7-11-24(40-2)12-8-22)34(30(35)42)16-4-15-33-17-13-20(14-18-33)27(31)37/h5-12,20,25H,3-4,13-19H2,1-2H3,(H2,31,37)(H,32,36)/t25-/m1/s1. The Labute approximate surface area is 250 Å². The number of hydrogen-bond acceptors (Lipinski definition) is 8. The second-order valence-corrected chi connectivity index (χ2v) is 10.7. The lowest BCUT2D eigenvalue weighted by atomic mass is 9.96. The third-order valence-corrected chi connectivity index (χ3v) is 7.99. The van der Waals surface area contributed by atoms with Crippen LogP contribution in [0.5, 0.6) is 5.75 Å². The number of primary amides is 1. The van der Waals surface area contributed by atoms with E-state index in [0.29, 0.717) is 40.8 Å². The molecule has 11 nitrogen and oxygen atoms in total. The van der Waals surface area contributed by atoms with Gasteiger partial charge in [0.05, 0.1) is 31.4 Å². The topological polar surface area (TPSA) is 135 Å². The van der Waals surface area contributed by atoms with E-state index in [0.717, 1.165) is 32.5 Å². The summed E-state index contributed by atoms with van der Waals surface area (Å²) in [7, 11) is 1.57. The van der Waals surface area contributed by atoms with E-state index < -0.39 is 12.0 Å². The van der Waals surface area contributed by atoms with E-state index in [2.05, 4.69) is 10.2 Å². The maximum atomic E-state index is 13.7. The molecule has 0 radical (unpaired) electrons. The Morgan fingerprint density at radius 3 is 2.29 bits per heavy atom. The van der Waals surface area contributed by atoms with Gasteiger partial charge in [0.2, 0.25) is 11.8 Å². The van der Waals surface area contributed by atoms with Crippen molar-refractivity contribution >= 4 is 52.4 Å². The minimum absolute atomic E-state index is 0.0811. The number of likely N-dealkylation sites (tertiary alicyclic amines) is 1. The largest absolute Gasteiger partial charge is 0.497 e. The third-order valence-electron chi connectivity index (χ3n) is 7.57. The van der Waals surface area contributed by atoms with Crippen LogP contribution in [0.4, 0.5) is 11.4 Å². The second-order valence-electron chi connectivity index (χ2n) is 10.3. The van der Waals surface area contributed by atoms with Crippen LogP contribution in [0.2, 0.25) is 0 Å². The number of nitrogens with two attached hydrogens (primary N) is 1. The van der Waals surface area contributed by atoms with E-state index in [1.165, 1.54) is 4.90 Å². The van der Waals surface area contributed by atoms with Crippen molar-refractivity contribution in [3.8, 4) is 5.75 Å². The molecule has 2 aromatic carbocycles. The lowest BCUT2D eigenvalue weighted by Crippen LogP contribution is -2.41. The number of thiocarbonyl (C=S) groups is 1. The van der Waals surface area contributed by atoms with Crippen molar-refractivity contribution in [1.82, 2.24) is 9.80 Å². The number of carbonyl (C=O) groups excluding carboxylic acids is 4. The van der Waals surface area contributed by atoms with E-state index in [1.807, 2.05) is 0 Å². The summed E-state index contributed by atoms with van der Waals surface area (Å²) in [6.07, 6.45) is 2.09. The highest BCUT2D eigenvalue weighted by Gasteiger charge is 2.44. The van der Waals surface area contributed by atoms with E-state index in [1.54, 1.807) is 67.5 Å². The van der Waals surface area contributed by atoms with Gasteiger partial charge in [-0.2, -0.15) is 0 Å². The summed E-state index contributed by atoms with van der Waals surface area (Å²) in [6, 6.07) is 12.6. The molecule has 2 aromatic rings. The van der Waals surface area contributed by atoms with Crippen molar-refractivity contribution in [2.45, 2.75) is 38.6 Å². The van der Waals surface area contributed by atoms with Crippen molar-refractivity contribution in [3.05, 3.63) is 54.1 Å². The molecule has 2 saturated heterocycles. The number of benzene rings is 2. The van der Waals surface area contributed by atoms with E-state index in [9.17, 15) is 19.2 Å². The van der Waals surface area contributed by atoms with Crippen LogP contribution in [0.15, 0.2) is 48.5 Å². The van der Waals surface area contributed by atoms with Gasteiger partial charge in [-0.3, -0.25) is 19.3 Å². The lowest BCUT2D eigenvalue weighted by Gasteiger charge is -2.31. The zero-order valence-electron chi connectivity index (χ0n) is 23.9. The van der Waals surface area contributed by atoms with Gasteiger partial charge in [-0.05, 0) is 107 Å². The third kappa shape index (κ3) is 7.42. The molecule has 0 spiro atoms. The molecule has 224 valence electrons. The van der Waals surface area contributed by atoms with Crippen LogP contribution in [0.25, 0.3) is 0 Å². The van der Waals surface area contributed by atoms with Gasteiger partial charge in [0.15, 0.2) is 5.11 Å². The molecule has 1 atom stereocenters. The number of anilines is 2. The predicted octanol–water partition coefficient (Wildman–Crippen LogP) is 2.79. The van der Waals surface area contributed by atoms with Crippen molar-refractivity contribution in [3.63, 3.8) is 0 Å². The summed E-state index contributed by atoms with van der Waals surface area (Å²) in [6.45, 7) is 4.78. The fourth-order valence-electron chi connectivity index (χ4n) is 5.25. The van der Waals surface area contributed by atoms with Gasteiger partial charge >= 0.3 is 5.97 Å². The number of nitrogens with zero attached hydrogens (tertiary/aromatic N) is 3. The highest BCUT2D eigenvalue weighted by atomic mass is 32.1. The molecule has 0 unspecified atom stereocenters. The summed E-state index contributed by atoms with van der Waals surface area (Å²) in [5.41, 5.74) is 6.93. The Hall–Kier alpha value is -4.03. The van der Waals surface area contributed by atoms with Crippen molar-refractivity contribution in [2.24, 2.45) is 11.7 Å². The molecule has 0 bridgehead atoms.